The first kappa shape index (κ1) is 26.2. The summed E-state index contributed by atoms with van der Waals surface area (Å²) in [5.74, 6) is -1.32. The van der Waals surface area contributed by atoms with Crippen LogP contribution in [0.5, 0.6) is 0 Å². The number of carboxylic acids is 1. The van der Waals surface area contributed by atoms with Crippen LogP contribution in [0.4, 0.5) is 5.69 Å². The lowest BCUT2D eigenvalue weighted by molar-refractivity contribution is -0.136. The van der Waals surface area contributed by atoms with Crippen LogP contribution in [-0.2, 0) is 24.1 Å². The molecule has 0 aliphatic carbocycles. The summed E-state index contributed by atoms with van der Waals surface area (Å²) in [5, 5.41) is 12.7. The number of aromatic nitrogens is 1. The molecule has 0 radical (unpaired) electrons. The van der Waals surface area contributed by atoms with Gasteiger partial charge < -0.3 is 14.8 Å². The minimum absolute atomic E-state index is 0.0828. The van der Waals surface area contributed by atoms with Crippen molar-refractivity contribution in [1.82, 2.24) is 10.3 Å². The minimum atomic E-state index is -0.930. The second kappa shape index (κ2) is 11.5. The maximum Gasteiger partial charge on any atom is 0.303 e. The Morgan fingerprint density at radius 1 is 1.00 bits per heavy atom. The Morgan fingerprint density at radius 2 is 1.74 bits per heavy atom. The van der Waals surface area contributed by atoms with Gasteiger partial charge in [0.1, 0.15) is 12.3 Å². The van der Waals surface area contributed by atoms with Crippen LogP contribution in [0.25, 0.3) is 0 Å². The number of nitrogens with one attached hydrogen (secondary N) is 1. The van der Waals surface area contributed by atoms with E-state index < -0.39 is 12.0 Å². The van der Waals surface area contributed by atoms with Crippen LogP contribution >= 0.6 is 11.6 Å². The molecular weight excluding hydrogens is 518 g/mol. The third-order valence-electron chi connectivity index (χ3n) is 6.70. The molecule has 4 aromatic rings. The van der Waals surface area contributed by atoms with Crippen LogP contribution in [-0.4, -0.2) is 34.4 Å². The second-order valence-corrected chi connectivity index (χ2v) is 9.71. The number of nitrogens with zero attached hydrogens (tertiary/aromatic N) is 2. The van der Waals surface area contributed by atoms with E-state index in [1.807, 2.05) is 36.4 Å². The average Bonchev–Trinajstić information content (AvgIpc) is 3.58. The second-order valence-electron chi connectivity index (χ2n) is 9.28. The number of fused-ring (bicyclic) bond motifs is 1. The fourth-order valence-corrected chi connectivity index (χ4v) is 4.89. The van der Waals surface area contributed by atoms with Crippen molar-refractivity contribution >= 4 is 35.1 Å². The summed E-state index contributed by atoms with van der Waals surface area (Å²) in [6, 6.07) is 21.4. The molecule has 39 heavy (non-hydrogen) atoms. The molecule has 3 aromatic carbocycles. The topological polar surface area (TPSA) is 113 Å². The molecule has 1 aromatic heterocycles. The fraction of sp³-hybridized carbons (Fsp3) is 0.200. The zero-order valence-corrected chi connectivity index (χ0v) is 21.7. The number of anilines is 1. The fourth-order valence-electron chi connectivity index (χ4n) is 4.76. The smallest absolute Gasteiger partial charge is 0.303 e. The number of oxazole rings is 1. The third kappa shape index (κ3) is 5.86. The van der Waals surface area contributed by atoms with Crippen LogP contribution in [0, 0.1) is 0 Å². The van der Waals surface area contributed by atoms with E-state index in [4.69, 9.17) is 21.1 Å². The van der Waals surface area contributed by atoms with Crippen molar-refractivity contribution in [3.05, 3.63) is 118 Å². The first-order chi connectivity index (χ1) is 18.9. The minimum Gasteiger partial charge on any atom is -0.481 e. The Kier molecular flexibility index (Phi) is 7.74. The van der Waals surface area contributed by atoms with Crippen molar-refractivity contribution in [2.45, 2.75) is 31.7 Å². The number of benzene rings is 3. The largest absolute Gasteiger partial charge is 0.481 e. The zero-order chi connectivity index (χ0) is 27.4. The van der Waals surface area contributed by atoms with E-state index in [1.165, 1.54) is 6.26 Å². The molecule has 1 aliphatic heterocycles. The highest BCUT2D eigenvalue weighted by molar-refractivity contribution is 6.30. The molecule has 0 saturated heterocycles. The summed E-state index contributed by atoms with van der Waals surface area (Å²) < 4.78 is 5.75. The molecule has 0 fully saturated rings. The molecule has 0 spiro atoms. The summed E-state index contributed by atoms with van der Waals surface area (Å²) in [7, 11) is 0. The molecule has 0 saturated carbocycles. The standard InChI is InChI=1S/C30H26ClN3O5/c31-22-12-9-19(10-13-22)15-16-32-28(37)24-18-39-29(33-24)26-17-21-6-2-4-8-25(21)34(26)30(38)23-7-3-1-5-20(23)11-14-27(35)36/h1-10,12-13,18,26H,11,14-17H2,(H,32,37)(H,35,36). The third-order valence-corrected chi connectivity index (χ3v) is 6.95. The molecule has 2 heterocycles. The Morgan fingerprint density at radius 3 is 2.54 bits per heavy atom. The van der Waals surface area contributed by atoms with E-state index in [2.05, 4.69) is 10.3 Å². The molecular formula is C30H26ClN3O5. The van der Waals surface area contributed by atoms with Gasteiger partial charge in [0.25, 0.3) is 11.8 Å². The quantitative estimate of drug-likeness (QED) is 0.298. The maximum absolute atomic E-state index is 13.9. The van der Waals surface area contributed by atoms with E-state index in [1.54, 1.807) is 41.3 Å². The number of halogens is 1. The molecule has 1 unspecified atom stereocenters. The van der Waals surface area contributed by atoms with Gasteiger partial charge in [0, 0.05) is 35.7 Å². The van der Waals surface area contributed by atoms with E-state index in [0.29, 0.717) is 35.5 Å². The lowest BCUT2D eigenvalue weighted by Gasteiger charge is -2.24. The first-order valence-electron chi connectivity index (χ1n) is 12.6. The molecule has 2 N–H and O–H groups in total. The average molecular weight is 544 g/mol. The summed E-state index contributed by atoms with van der Waals surface area (Å²) in [6.07, 6.45) is 2.56. The first-order valence-corrected chi connectivity index (χ1v) is 13.0. The van der Waals surface area contributed by atoms with Crippen molar-refractivity contribution in [3.63, 3.8) is 0 Å². The Bertz CT molecular complexity index is 1520. The number of carbonyl (C=O) groups is 3. The van der Waals surface area contributed by atoms with E-state index >= 15 is 0 Å². The molecule has 198 valence electrons. The Hall–Kier alpha value is -4.43. The van der Waals surface area contributed by atoms with Gasteiger partial charge in [0.15, 0.2) is 5.69 Å². The summed E-state index contributed by atoms with van der Waals surface area (Å²) in [6.45, 7) is 0.412. The van der Waals surface area contributed by atoms with E-state index in [9.17, 15) is 14.4 Å². The van der Waals surface area contributed by atoms with E-state index in [0.717, 1.165) is 16.8 Å². The van der Waals surface area contributed by atoms with Gasteiger partial charge in [0.05, 0.1) is 0 Å². The Balaban J connectivity index is 1.35. The predicted molar refractivity (Wildman–Crippen MR) is 146 cm³/mol. The molecule has 1 atom stereocenters. The highest BCUT2D eigenvalue weighted by Crippen LogP contribution is 2.41. The van der Waals surface area contributed by atoms with Crippen molar-refractivity contribution in [2.24, 2.45) is 0 Å². The summed E-state index contributed by atoms with van der Waals surface area (Å²) >= 11 is 5.93. The van der Waals surface area contributed by atoms with Gasteiger partial charge in [-0.15, -0.1) is 0 Å². The van der Waals surface area contributed by atoms with Gasteiger partial charge in [-0.2, -0.15) is 0 Å². The monoisotopic (exact) mass is 543 g/mol. The van der Waals surface area contributed by atoms with Crippen LogP contribution in [0.15, 0.2) is 83.5 Å². The number of aryl methyl sites for hydroxylation is 1. The number of carbonyl (C=O) groups excluding carboxylic acids is 2. The molecule has 8 nitrogen and oxygen atoms in total. The van der Waals surface area contributed by atoms with Gasteiger partial charge in [-0.25, -0.2) is 4.98 Å². The lowest BCUT2D eigenvalue weighted by atomic mass is 10.0. The van der Waals surface area contributed by atoms with Crippen LogP contribution in [0.2, 0.25) is 5.02 Å². The number of para-hydroxylation sites is 1. The highest BCUT2D eigenvalue weighted by atomic mass is 35.5. The van der Waals surface area contributed by atoms with Crippen molar-refractivity contribution in [2.75, 3.05) is 11.4 Å². The van der Waals surface area contributed by atoms with Crippen LogP contribution in [0.3, 0.4) is 0 Å². The lowest BCUT2D eigenvalue weighted by Crippen LogP contribution is -2.33. The number of aliphatic carboxylic acids is 1. The molecule has 2 amide bonds. The zero-order valence-electron chi connectivity index (χ0n) is 21.0. The van der Waals surface area contributed by atoms with Crippen molar-refractivity contribution in [3.8, 4) is 0 Å². The number of amides is 2. The number of hydrogen-bond acceptors (Lipinski definition) is 5. The maximum atomic E-state index is 13.9. The predicted octanol–water partition coefficient (Wildman–Crippen LogP) is 5.26. The molecule has 5 rings (SSSR count). The number of carboxylic acid groups (broad SMARTS) is 1. The van der Waals surface area contributed by atoms with E-state index in [-0.39, 0.29) is 36.2 Å². The van der Waals surface area contributed by atoms with Gasteiger partial charge in [-0.3, -0.25) is 19.3 Å². The number of hydrogen-bond donors (Lipinski definition) is 2. The molecule has 1 aliphatic rings. The molecule has 9 heteroatoms. The van der Waals surface area contributed by atoms with Crippen LogP contribution < -0.4 is 10.2 Å². The van der Waals surface area contributed by atoms with Gasteiger partial charge in [-0.05, 0) is 53.8 Å². The summed E-state index contributed by atoms with van der Waals surface area (Å²) in [4.78, 5) is 43.9. The number of rotatable bonds is 9. The normalized spacial score (nSPS) is 14.2. The van der Waals surface area contributed by atoms with Gasteiger partial charge in [-0.1, -0.05) is 60.1 Å². The molecule has 0 bridgehead atoms. The van der Waals surface area contributed by atoms with Crippen molar-refractivity contribution < 1.29 is 23.9 Å². The SMILES string of the molecule is O=C(O)CCc1ccccc1C(=O)N1c2ccccc2CC1c1nc(C(=O)NCCc2ccc(Cl)cc2)co1. The van der Waals surface area contributed by atoms with Crippen molar-refractivity contribution in [1.29, 1.82) is 0 Å². The van der Waals surface area contributed by atoms with Gasteiger partial charge in [0.2, 0.25) is 5.89 Å². The summed E-state index contributed by atoms with van der Waals surface area (Å²) in [5.41, 5.74) is 3.93. The van der Waals surface area contributed by atoms with Crippen LogP contribution in [0.1, 0.15) is 55.9 Å². The van der Waals surface area contributed by atoms with Gasteiger partial charge >= 0.3 is 5.97 Å². The highest BCUT2D eigenvalue weighted by Gasteiger charge is 2.38. The Labute approximate surface area is 230 Å².